The highest BCUT2D eigenvalue weighted by Crippen LogP contribution is 2.41. The van der Waals surface area contributed by atoms with Crippen molar-refractivity contribution in [2.45, 2.75) is 43.0 Å². The Morgan fingerprint density at radius 1 is 1.07 bits per heavy atom. The summed E-state index contributed by atoms with van der Waals surface area (Å²) in [4.78, 5) is 0. The summed E-state index contributed by atoms with van der Waals surface area (Å²) in [5.41, 5.74) is 0.535. The van der Waals surface area contributed by atoms with Gasteiger partial charge in [-0.1, -0.05) is 49.6 Å². The van der Waals surface area contributed by atoms with Crippen molar-refractivity contribution < 1.29 is 5.11 Å². The Morgan fingerprint density at radius 3 is 2.27 bits per heavy atom. The summed E-state index contributed by atoms with van der Waals surface area (Å²) >= 11 is 4.60. The van der Waals surface area contributed by atoms with Crippen LogP contribution in [0.5, 0.6) is 0 Å². The average molecular weight is 222 g/mol. The second-order valence-corrected chi connectivity index (χ2v) is 4.99. The summed E-state index contributed by atoms with van der Waals surface area (Å²) in [7, 11) is 0. The quantitative estimate of drug-likeness (QED) is 0.735. The van der Waals surface area contributed by atoms with E-state index < -0.39 is 5.60 Å². The van der Waals surface area contributed by atoms with Crippen LogP contribution in [-0.4, -0.2) is 10.7 Å². The Morgan fingerprint density at radius 2 is 1.67 bits per heavy atom. The number of hydrogen-bond acceptors (Lipinski definition) is 2. The van der Waals surface area contributed by atoms with Crippen LogP contribution < -0.4 is 0 Å². The van der Waals surface area contributed by atoms with Gasteiger partial charge in [-0.25, -0.2) is 0 Å². The third kappa shape index (κ3) is 2.37. The molecule has 1 fully saturated rings. The first-order valence-electron chi connectivity index (χ1n) is 5.68. The van der Waals surface area contributed by atoms with Crippen molar-refractivity contribution >= 4 is 12.6 Å². The molecule has 0 spiro atoms. The molecule has 2 rings (SSSR count). The second-order valence-electron chi connectivity index (χ2n) is 4.48. The van der Waals surface area contributed by atoms with Crippen LogP contribution in [0.2, 0.25) is 0 Å². The largest absolute Gasteiger partial charge is 0.388 e. The molecule has 0 aromatic heterocycles. The Labute approximate surface area is 96.9 Å². The molecule has 1 saturated carbocycles. The van der Waals surface area contributed by atoms with Gasteiger partial charge < -0.3 is 5.11 Å². The predicted octanol–water partition coefficient (Wildman–Crippen LogP) is 3.35. The zero-order chi connectivity index (χ0) is 10.7. The normalized spacial score (nSPS) is 22.3. The van der Waals surface area contributed by atoms with Crippen molar-refractivity contribution in [3.05, 3.63) is 35.9 Å². The van der Waals surface area contributed by atoms with E-state index in [0.29, 0.717) is 0 Å². The van der Waals surface area contributed by atoms with Crippen molar-refractivity contribution in [1.82, 2.24) is 0 Å². The fraction of sp³-hybridized carbons (Fsp3) is 0.538. The summed E-state index contributed by atoms with van der Waals surface area (Å²) < 4.78 is 0. The minimum atomic E-state index is -0.595. The Bertz CT molecular complexity index is 304. The first-order valence-corrected chi connectivity index (χ1v) is 6.19. The van der Waals surface area contributed by atoms with Crippen molar-refractivity contribution in [3.8, 4) is 0 Å². The van der Waals surface area contributed by atoms with Crippen LogP contribution in [0.1, 0.15) is 42.9 Å². The molecule has 1 atom stereocenters. The van der Waals surface area contributed by atoms with Crippen LogP contribution in [0.25, 0.3) is 0 Å². The molecule has 0 heterocycles. The molecule has 1 aromatic carbocycles. The van der Waals surface area contributed by atoms with Crippen LogP contribution in [0.4, 0.5) is 0 Å². The van der Waals surface area contributed by atoms with Gasteiger partial charge in [0.1, 0.15) is 0 Å². The molecule has 0 bridgehead atoms. The fourth-order valence-electron chi connectivity index (χ4n) is 2.38. The van der Waals surface area contributed by atoms with Crippen LogP contribution in [0.15, 0.2) is 30.3 Å². The molecule has 1 N–H and O–H groups in total. The highest BCUT2D eigenvalue weighted by molar-refractivity contribution is 7.80. The van der Waals surface area contributed by atoms with E-state index in [1.54, 1.807) is 0 Å². The predicted molar refractivity (Wildman–Crippen MR) is 66.2 cm³/mol. The molecule has 2 heteroatoms. The van der Waals surface area contributed by atoms with E-state index in [9.17, 15) is 5.11 Å². The van der Waals surface area contributed by atoms with E-state index in [1.807, 2.05) is 30.3 Å². The van der Waals surface area contributed by atoms with Gasteiger partial charge in [0.15, 0.2) is 0 Å². The minimum Gasteiger partial charge on any atom is -0.388 e. The molecule has 0 amide bonds. The summed E-state index contributed by atoms with van der Waals surface area (Å²) in [6, 6.07) is 10.1. The third-order valence-corrected chi connectivity index (χ3v) is 4.12. The van der Waals surface area contributed by atoms with E-state index >= 15 is 0 Å². The average Bonchev–Trinajstić information content (AvgIpc) is 2.30. The molecule has 1 aliphatic carbocycles. The maximum Gasteiger partial charge on any atom is 0.0804 e. The topological polar surface area (TPSA) is 20.2 Å². The number of benzene rings is 1. The van der Waals surface area contributed by atoms with Gasteiger partial charge in [0, 0.05) is 0 Å². The molecule has 82 valence electrons. The van der Waals surface area contributed by atoms with Crippen LogP contribution in [0.3, 0.4) is 0 Å². The maximum absolute atomic E-state index is 10.5. The van der Waals surface area contributed by atoms with Crippen LogP contribution >= 0.6 is 12.6 Å². The van der Waals surface area contributed by atoms with Gasteiger partial charge in [-0.05, 0) is 18.4 Å². The van der Waals surface area contributed by atoms with Crippen molar-refractivity contribution in [1.29, 1.82) is 0 Å². The monoisotopic (exact) mass is 222 g/mol. The lowest BCUT2D eigenvalue weighted by molar-refractivity contribution is 0.00213. The molecule has 0 radical (unpaired) electrons. The molecular formula is C13H18OS. The molecule has 1 aromatic rings. The second kappa shape index (κ2) is 4.58. The van der Waals surface area contributed by atoms with E-state index in [2.05, 4.69) is 12.6 Å². The first kappa shape index (κ1) is 11.0. The zero-order valence-corrected chi connectivity index (χ0v) is 9.79. The lowest BCUT2D eigenvalue weighted by Gasteiger charge is -2.37. The summed E-state index contributed by atoms with van der Waals surface area (Å²) in [6.07, 6.45) is 5.27. The van der Waals surface area contributed by atoms with Gasteiger partial charge in [-0.15, -0.1) is 0 Å². The summed E-state index contributed by atoms with van der Waals surface area (Å²) in [6.45, 7) is 0. The smallest absolute Gasteiger partial charge is 0.0804 e. The minimum absolute atomic E-state index is 0.0426. The van der Waals surface area contributed by atoms with E-state index in [-0.39, 0.29) is 5.25 Å². The Kier molecular flexibility index (Phi) is 3.37. The van der Waals surface area contributed by atoms with Crippen molar-refractivity contribution in [3.63, 3.8) is 0 Å². The third-order valence-electron chi connectivity index (χ3n) is 3.34. The number of hydrogen-bond donors (Lipinski definition) is 2. The van der Waals surface area contributed by atoms with Crippen LogP contribution in [0, 0.1) is 0 Å². The van der Waals surface area contributed by atoms with Gasteiger partial charge in [0.2, 0.25) is 0 Å². The van der Waals surface area contributed by atoms with E-state index in [1.165, 1.54) is 6.42 Å². The Balaban J connectivity index is 2.16. The van der Waals surface area contributed by atoms with Gasteiger partial charge in [-0.3, -0.25) is 0 Å². The number of thiol groups is 1. The molecular weight excluding hydrogens is 204 g/mol. The summed E-state index contributed by atoms with van der Waals surface area (Å²) in [5, 5.41) is 10.5. The molecule has 1 nitrogen and oxygen atoms in total. The van der Waals surface area contributed by atoms with Crippen LogP contribution in [-0.2, 0) is 0 Å². The van der Waals surface area contributed by atoms with Crippen molar-refractivity contribution in [2.75, 3.05) is 0 Å². The zero-order valence-electron chi connectivity index (χ0n) is 8.89. The van der Waals surface area contributed by atoms with Gasteiger partial charge in [0.25, 0.3) is 0 Å². The van der Waals surface area contributed by atoms with Gasteiger partial charge >= 0.3 is 0 Å². The SMILES string of the molecule is OC1([C@H](S)c2ccccc2)CCCCC1. The maximum atomic E-state index is 10.5. The summed E-state index contributed by atoms with van der Waals surface area (Å²) in [5.74, 6) is 0. The Hall–Kier alpha value is -0.470. The standard InChI is InChI=1S/C13H18OS/c14-13(9-5-2-6-10-13)12(15)11-7-3-1-4-8-11/h1,3-4,7-8,12,14-15H,2,5-6,9-10H2/t12-/m1/s1. The fourth-order valence-corrected chi connectivity index (χ4v) is 2.81. The molecule has 0 aliphatic heterocycles. The first-order chi connectivity index (χ1) is 7.22. The van der Waals surface area contributed by atoms with Gasteiger partial charge in [0.05, 0.1) is 10.9 Å². The lowest BCUT2D eigenvalue weighted by atomic mass is 9.80. The highest BCUT2D eigenvalue weighted by Gasteiger charge is 2.36. The molecule has 0 saturated heterocycles. The molecule has 0 unspecified atom stereocenters. The van der Waals surface area contributed by atoms with Crippen molar-refractivity contribution in [2.24, 2.45) is 0 Å². The van der Waals surface area contributed by atoms with Gasteiger partial charge in [-0.2, -0.15) is 12.6 Å². The van der Waals surface area contributed by atoms with E-state index in [0.717, 1.165) is 31.2 Å². The highest BCUT2D eigenvalue weighted by atomic mass is 32.1. The van der Waals surface area contributed by atoms with E-state index in [4.69, 9.17) is 0 Å². The molecule has 1 aliphatic rings. The number of rotatable bonds is 2. The lowest BCUT2D eigenvalue weighted by Crippen LogP contribution is -2.35. The number of aliphatic hydroxyl groups is 1. The molecule has 15 heavy (non-hydrogen) atoms.